The van der Waals surface area contributed by atoms with Gasteiger partial charge in [-0.05, 0) is 63.7 Å². The molecule has 27 heavy (non-hydrogen) atoms. The van der Waals surface area contributed by atoms with Gasteiger partial charge in [-0.3, -0.25) is 0 Å². The van der Waals surface area contributed by atoms with E-state index < -0.39 is 21.6 Å². The maximum absolute atomic E-state index is 12.5. The Balaban J connectivity index is 1.21. The van der Waals surface area contributed by atoms with Gasteiger partial charge in [-0.2, -0.15) is 23.9 Å². The van der Waals surface area contributed by atoms with Gasteiger partial charge in [-0.1, -0.05) is 0 Å². The summed E-state index contributed by atoms with van der Waals surface area (Å²) in [5.41, 5.74) is 0. The molecule has 0 N–H and O–H groups in total. The van der Waals surface area contributed by atoms with Gasteiger partial charge in [0.25, 0.3) is 0 Å². The highest BCUT2D eigenvalue weighted by Crippen LogP contribution is 2.62. The molecule has 7 rings (SSSR count). The van der Waals surface area contributed by atoms with Crippen LogP contribution in [0.1, 0.15) is 64.7 Å². The average molecular weight is 400 g/mol. The first-order valence-corrected chi connectivity index (χ1v) is 12.3. The number of hydrogen-bond acceptors (Lipinski definition) is 6. The molecular weight excluding hydrogens is 370 g/mol. The molecule has 2 spiro atoms. The number of fused-ring (bicyclic) bond motifs is 2. The standard InChI is InChI=1S/C19H29NO6S/c1-2-27(21,22)20-16-3-4-17(20)11-18(10-16)23-25-19(26-24-18)14-6-12-5-13(8-14)9-15(19)7-12/h12-17H,2-11H2,1H3/t12?,13?,14?,15?,16-,17+,18?,19?. The highest BCUT2D eigenvalue weighted by molar-refractivity contribution is 7.89. The van der Waals surface area contributed by atoms with E-state index in [0.29, 0.717) is 24.7 Å². The summed E-state index contributed by atoms with van der Waals surface area (Å²) >= 11 is 0. The van der Waals surface area contributed by atoms with Crippen molar-refractivity contribution in [2.45, 2.75) is 88.4 Å². The minimum Gasteiger partial charge on any atom is -0.212 e. The van der Waals surface area contributed by atoms with Gasteiger partial charge in [0.05, 0.1) is 5.75 Å². The molecule has 0 aromatic rings. The monoisotopic (exact) mass is 399 g/mol. The lowest BCUT2D eigenvalue weighted by Crippen LogP contribution is -2.66. The molecule has 4 aliphatic carbocycles. The second kappa shape index (κ2) is 5.67. The van der Waals surface area contributed by atoms with E-state index in [1.165, 1.54) is 6.42 Å². The van der Waals surface area contributed by atoms with Crippen LogP contribution in [0, 0.1) is 23.7 Å². The molecule has 152 valence electrons. The van der Waals surface area contributed by atoms with Crippen LogP contribution in [0.2, 0.25) is 0 Å². The smallest absolute Gasteiger partial charge is 0.212 e. The number of sulfonamides is 1. The van der Waals surface area contributed by atoms with Crippen LogP contribution in [0.15, 0.2) is 0 Å². The summed E-state index contributed by atoms with van der Waals surface area (Å²) in [6, 6.07) is -0.179. The molecule has 4 saturated carbocycles. The Morgan fingerprint density at radius 1 is 0.852 bits per heavy atom. The lowest BCUT2D eigenvalue weighted by molar-refractivity contribution is -0.681. The van der Waals surface area contributed by atoms with Gasteiger partial charge < -0.3 is 0 Å². The maximum Gasteiger partial charge on any atom is 0.239 e. The summed E-state index contributed by atoms with van der Waals surface area (Å²) < 4.78 is 26.6. The van der Waals surface area contributed by atoms with Gasteiger partial charge in [-0.25, -0.2) is 8.42 Å². The quantitative estimate of drug-likeness (QED) is 0.665. The summed E-state index contributed by atoms with van der Waals surface area (Å²) in [6.45, 7) is 1.70. The minimum absolute atomic E-state index is 0.0894. The van der Waals surface area contributed by atoms with Crippen LogP contribution in [0.5, 0.6) is 0 Å². The van der Waals surface area contributed by atoms with Crippen molar-refractivity contribution in [3.8, 4) is 0 Å². The molecule has 3 saturated heterocycles. The van der Waals surface area contributed by atoms with Gasteiger partial charge in [0.2, 0.25) is 21.6 Å². The Labute approximate surface area is 160 Å². The fourth-order valence-corrected chi connectivity index (χ4v) is 8.85. The molecule has 3 aliphatic heterocycles. The van der Waals surface area contributed by atoms with Crippen LogP contribution in [-0.2, 0) is 29.6 Å². The highest BCUT2D eigenvalue weighted by atomic mass is 32.2. The molecule has 2 atom stereocenters. The molecule has 0 radical (unpaired) electrons. The molecular formula is C19H29NO6S. The molecule has 6 bridgehead atoms. The number of hydrogen-bond donors (Lipinski definition) is 0. The van der Waals surface area contributed by atoms with Crippen molar-refractivity contribution < 1.29 is 28.0 Å². The number of nitrogens with zero attached hydrogens (tertiary/aromatic N) is 1. The molecule has 7 nitrogen and oxygen atoms in total. The Morgan fingerprint density at radius 2 is 1.37 bits per heavy atom. The predicted molar refractivity (Wildman–Crippen MR) is 94.2 cm³/mol. The minimum atomic E-state index is -3.21. The Hall–Kier alpha value is -0.250. The zero-order valence-corrected chi connectivity index (χ0v) is 16.7. The summed E-state index contributed by atoms with van der Waals surface area (Å²) in [5, 5.41) is 0. The first kappa shape index (κ1) is 17.6. The van der Waals surface area contributed by atoms with Crippen molar-refractivity contribution in [3.05, 3.63) is 0 Å². The van der Waals surface area contributed by atoms with E-state index in [4.69, 9.17) is 19.6 Å². The lowest BCUT2D eigenvalue weighted by Gasteiger charge is -2.60. The van der Waals surface area contributed by atoms with E-state index >= 15 is 0 Å². The van der Waals surface area contributed by atoms with E-state index in [2.05, 4.69) is 0 Å². The third-order valence-corrected chi connectivity index (χ3v) is 10.2. The molecule has 7 aliphatic rings. The van der Waals surface area contributed by atoms with E-state index in [1.807, 2.05) is 0 Å². The summed E-state index contributed by atoms with van der Waals surface area (Å²) in [4.78, 5) is 24.2. The third-order valence-electron chi connectivity index (χ3n) is 8.26. The zero-order valence-electron chi connectivity index (χ0n) is 15.8. The van der Waals surface area contributed by atoms with Crippen molar-refractivity contribution >= 4 is 10.0 Å². The third kappa shape index (κ3) is 2.40. The Bertz CT molecular complexity index is 684. The van der Waals surface area contributed by atoms with Crippen LogP contribution >= 0.6 is 0 Å². The van der Waals surface area contributed by atoms with Crippen LogP contribution in [-0.4, -0.2) is 42.1 Å². The first-order valence-electron chi connectivity index (χ1n) is 10.7. The van der Waals surface area contributed by atoms with Gasteiger partial charge in [0.1, 0.15) is 0 Å². The van der Waals surface area contributed by atoms with Gasteiger partial charge in [0, 0.05) is 36.8 Å². The molecule has 3 heterocycles. The fraction of sp³-hybridized carbons (Fsp3) is 1.00. The first-order chi connectivity index (χ1) is 12.9. The van der Waals surface area contributed by atoms with E-state index in [0.717, 1.165) is 50.4 Å². The number of piperidine rings is 1. The summed E-state index contributed by atoms with van der Waals surface area (Å²) in [5.74, 6) is 0.734. The summed E-state index contributed by atoms with van der Waals surface area (Å²) in [7, 11) is -3.21. The van der Waals surface area contributed by atoms with Crippen LogP contribution in [0.25, 0.3) is 0 Å². The zero-order chi connectivity index (χ0) is 18.4. The lowest BCUT2D eigenvalue weighted by atomic mass is 9.53. The van der Waals surface area contributed by atoms with Crippen molar-refractivity contribution in [3.63, 3.8) is 0 Å². The normalized spacial score (nSPS) is 54.3. The van der Waals surface area contributed by atoms with Crippen molar-refractivity contribution in [2.24, 2.45) is 23.7 Å². The van der Waals surface area contributed by atoms with Crippen molar-refractivity contribution in [1.82, 2.24) is 4.31 Å². The molecule has 0 aromatic carbocycles. The van der Waals surface area contributed by atoms with Crippen LogP contribution in [0.4, 0.5) is 0 Å². The van der Waals surface area contributed by atoms with E-state index in [-0.39, 0.29) is 17.8 Å². The van der Waals surface area contributed by atoms with Gasteiger partial charge >= 0.3 is 0 Å². The maximum atomic E-state index is 12.5. The van der Waals surface area contributed by atoms with Gasteiger partial charge in [0.15, 0.2) is 0 Å². The molecule has 8 heteroatoms. The summed E-state index contributed by atoms with van der Waals surface area (Å²) in [6.07, 6.45) is 8.55. The second-order valence-corrected chi connectivity index (χ2v) is 12.0. The topological polar surface area (TPSA) is 74.3 Å². The molecule has 0 amide bonds. The van der Waals surface area contributed by atoms with E-state index in [9.17, 15) is 8.42 Å². The highest BCUT2D eigenvalue weighted by Gasteiger charge is 2.66. The Kier molecular flexibility index (Phi) is 3.69. The fourth-order valence-electron chi connectivity index (χ4n) is 7.29. The molecule has 0 aromatic heterocycles. The Morgan fingerprint density at radius 3 is 1.85 bits per heavy atom. The predicted octanol–water partition coefficient (Wildman–Crippen LogP) is 2.72. The SMILES string of the molecule is CCS(=O)(=O)N1[C@@H]2CC[C@H]1CC1(C2)OOC2(OO1)C1CC3CC(C1)CC2C3. The molecule has 7 fully saturated rings. The van der Waals surface area contributed by atoms with Gasteiger partial charge in [-0.15, -0.1) is 0 Å². The molecule has 0 unspecified atom stereocenters. The second-order valence-electron chi connectivity index (χ2n) is 9.79. The number of rotatable bonds is 2. The average Bonchev–Trinajstić information content (AvgIpc) is 2.94. The largest absolute Gasteiger partial charge is 0.239 e. The van der Waals surface area contributed by atoms with Crippen molar-refractivity contribution in [2.75, 3.05) is 5.75 Å². The van der Waals surface area contributed by atoms with Crippen molar-refractivity contribution in [1.29, 1.82) is 0 Å². The van der Waals surface area contributed by atoms with Crippen LogP contribution in [0.3, 0.4) is 0 Å². The van der Waals surface area contributed by atoms with E-state index in [1.54, 1.807) is 11.2 Å². The van der Waals surface area contributed by atoms with Crippen LogP contribution < -0.4 is 0 Å².